The molecule has 0 saturated heterocycles. The van der Waals surface area contributed by atoms with E-state index < -0.39 is 18.0 Å². The first kappa shape index (κ1) is 13.3. The predicted molar refractivity (Wildman–Crippen MR) is 65.8 cm³/mol. The molecular weight excluding hydrogens is 248 g/mol. The molecule has 0 aromatic heterocycles. The maximum atomic E-state index is 11.3. The van der Waals surface area contributed by atoms with E-state index in [2.05, 4.69) is 0 Å². The van der Waals surface area contributed by atoms with E-state index in [1.807, 2.05) is 30.3 Å². The Hall–Kier alpha value is -2.14. The molecule has 5 nitrogen and oxygen atoms in total. The summed E-state index contributed by atoms with van der Waals surface area (Å²) in [5.41, 5.74) is 1.04. The number of hydrogen-bond acceptors (Lipinski definition) is 5. The molecule has 1 atom stereocenters. The van der Waals surface area contributed by atoms with Gasteiger partial charge in [-0.25, -0.2) is 4.79 Å². The summed E-state index contributed by atoms with van der Waals surface area (Å²) in [6.07, 6.45) is 0.944. The molecule has 100 valence electrons. The van der Waals surface area contributed by atoms with Crippen LogP contribution in [-0.4, -0.2) is 24.6 Å². The van der Waals surface area contributed by atoms with Gasteiger partial charge in [0.25, 0.3) is 0 Å². The van der Waals surface area contributed by atoms with E-state index >= 15 is 0 Å². The minimum Gasteiger partial charge on any atom is -0.450 e. The Balaban J connectivity index is 1.80. The summed E-state index contributed by atoms with van der Waals surface area (Å²) < 4.78 is 15.1. The smallest absolute Gasteiger partial charge is 0.374 e. The predicted octanol–water partition coefficient (Wildman–Crippen LogP) is 1.58. The maximum Gasteiger partial charge on any atom is 0.374 e. The Morgan fingerprint density at radius 2 is 2.05 bits per heavy atom. The van der Waals surface area contributed by atoms with Gasteiger partial charge in [0.1, 0.15) is 6.10 Å². The lowest BCUT2D eigenvalue weighted by Gasteiger charge is -2.08. The molecule has 0 fully saturated rings. The zero-order valence-corrected chi connectivity index (χ0v) is 10.5. The second-order valence-corrected chi connectivity index (χ2v) is 4.07. The summed E-state index contributed by atoms with van der Waals surface area (Å²) in [5.74, 6) is -1.25. The van der Waals surface area contributed by atoms with Gasteiger partial charge >= 0.3 is 11.9 Å². The molecule has 1 aromatic carbocycles. The van der Waals surface area contributed by atoms with Gasteiger partial charge in [-0.1, -0.05) is 30.3 Å². The van der Waals surface area contributed by atoms with Crippen molar-refractivity contribution in [2.45, 2.75) is 19.6 Å². The van der Waals surface area contributed by atoms with Crippen LogP contribution in [0.15, 0.2) is 42.2 Å². The van der Waals surface area contributed by atoms with Crippen LogP contribution in [0, 0.1) is 0 Å². The van der Waals surface area contributed by atoms with Gasteiger partial charge in [0, 0.05) is 13.0 Å². The highest BCUT2D eigenvalue weighted by atomic mass is 16.6. The summed E-state index contributed by atoms with van der Waals surface area (Å²) in [7, 11) is 0. The SMILES string of the molecule is CC(=O)OC1=C[C@@H](COCc2ccccc2)OC1=O. The second-order valence-electron chi connectivity index (χ2n) is 4.07. The van der Waals surface area contributed by atoms with Gasteiger partial charge in [0.05, 0.1) is 13.2 Å². The quantitative estimate of drug-likeness (QED) is 0.754. The molecular formula is C14H14O5. The number of carbonyl (C=O) groups excluding carboxylic acids is 2. The fraction of sp³-hybridized carbons (Fsp3) is 0.286. The normalized spacial score (nSPS) is 17.8. The third-order valence-corrected chi connectivity index (χ3v) is 2.44. The molecule has 0 radical (unpaired) electrons. The van der Waals surface area contributed by atoms with Crippen molar-refractivity contribution >= 4 is 11.9 Å². The van der Waals surface area contributed by atoms with E-state index in [1.165, 1.54) is 13.0 Å². The summed E-state index contributed by atoms with van der Waals surface area (Å²) in [5, 5.41) is 0. The van der Waals surface area contributed by atoms with Crippen LogP contribution < -0.4 is 0 Å². The average Bonchev–Trinajstić information content (AvgIpc) is 2.70. The number of benzene rings is 1. The van der Waals surface area contributed by atoms with E-state index in [0.717, 1.165) is 5.56 Å². The van der Waals surface area contributed by atoms with Crippen LogP contribution in [0.25, 0.3) is 0 Å². The molecule has 0 unspecified atom stereocenters. The molecule has 5 heteroatoms. The number of carbonyl (C=O) groups is 2. The molecule has 0 bridgehead atoms. The van der Waals surface area contributed by atoms with E-state index in [-0.39, 0.29) is 12.4 Å². The second kappa shape index (κ2) is 6.15. The largest absolute Gasteiger partial charge is 0.450 e. The van der Waals surface area contributed by atoms with Crippen molar-refractivity contribution < 1.29 is 23.8 Å². The molecule has 1 aliphatic heterocycles. The van der Waals surface area contributed by atoms with Crippen LogP contribution in [0.4, 0.5) is 0 Å². The highest BCUT2D eigenvalue weighted by Gasteiger charge is 2.28. The highest BCUT2D eigenvalue weighted by molar-refractivity contribution is 5.91. The fourth-order valence-corrected chi connectivity index (χ4v) is 1.65. The van der Waals surface area contributed by atoms with Crippen molar-refractivity contribution in [2.24, 2.45) is 0 Å². The van der Waals surface area contributed by atoms with Crippen LogP contribution in [-0.2, 0) is 30.4 Å². The van der Waals surface area contributed by atoms with Crippen LogP contribution in [0.1, 0.15) is 12.5 Å². The van der Waals surface area contributed by atoms with Crippen molar-refractivity contribution in [2.75, 3.05) is 6.61 Å². The van der Waals surface area contributed by atoms with E-state index in [4.69, 9.17) is 14.2 Å². The molecule has 2 rings (SSSR count). The summed E-state index contributed by atoms with van der Waals surface area (Å²) >= 11 is 0. The Morgan fingerprint density at radius 3 is 2.74 bits per heavy atom. The van der Waals surface area contributed by atoms with E-state index in [1.54, 1.807) is 0 Å². The number of esters is 2. The fourth-order valence-electron chi connectivity index (χ4n) is 1.65. The van der Waals surface area contributed by atoms with Gasteiger partial charge in [-0.2, -0.15) is 0 Å². The standard InChI is InChI=1S/C14H14O5/c1-10(15)18-13-7-12(19-14(13)16)9-17-8-11-5-3-2-4-6-11/h2-7,12H,8-9H2,1H3/t12-/m0/s1. The topological polar surface area (TPSA) is 61.8 Å². The van der Waals surface area contributed by atoms with E-state index in [0.29, 0.717) is 6.61 Å². The van der Waals surface area contributed by atoms with Gasteiger partial charge in [-0.05, 0) is 5.56 Å². The summed E-state index contributed by atoms with van der Waals surface area (Å²) in [4.78, 5) is 22.1. The first-order valence-corrected chi connectivity index (χ1v) is 5.88. The van der Waals surface area contributed by atoms with Crippen LogP contribution in [0.5, 0.6) is 0 Å². The third kappa shape index (κ3) is 3.93. The Bertz CT molecular complexity index is 492. The number of ether oxygens (including phenoxy) is 3. The molecule has 0 aliphatic carbocycles. The Kier molecular flexibility index (Phi) is 4.30. The van der Waals surface area contributed by atoms with Crippen molar-refractivity contribution in [1.29, 1.82) is 0 Å². The molecule has 19 heavy (non-hydrogen) atoms. The maximum absolute atomic E-state index is 11.3. The molecule has 1 aromatic rings. The molecule has 0 amide bonds. The summed E-state index contributed by atoms with van der Waals surface area (Å²) in [6, 6.07) is 9.66. The molecule has 0 spiro atoms. The Morgan fingerprint density at radius 1 is 1.32 bits per heavy atom. The average molecular weight is 262 g/mol. The number of cyclic esters (lactones) is 1. The molecule has 0 N–H and O–H groups in total. The van der Waals surface area contributed by atoms with Crippen molar-refractivity contribution in [3.63, 3.8) is 0 Å². The molecule has 1 heterocycles. The number of rotatable bonds is 5. The minimum atomic E-state index is -0.636. The van der Waals surface area contributed by atoms with Crippen LogP contribution >= 0.6 is 0 Å². The van der Waals surface area contributed by atoms with Gasteiger partial charge in [0.15, 0.2) is 0 Å². The van der Waals surface area contributed by atoms with Gasteiger partial charge < -0.3 is 14.2 Å². The van der Waals surface area contributed by atoms with Gasteiger partial charge in [-0.3, -0.25) is 4.79 Å². The van der Waals surface area contributed by atoms with Crippen molar-refractivity contribution in [3.05, 3.63) is 47.7 Å². The van der Waals surface area contributed by atoms with Crippen LogP contribution in [0.2, 0.25) is 0 Å². The number of hydrogen-bond donors (Lipinski definition) is 0. The lowest BCUT2D eigenvalue weighted by atomic mass is 10.2. The molecule has 1 aliphatic rings. The minimum absolute atomic E-state index is 0.0687. The molecule has 0 saturated carbocycles. The lowest BCUT2D eigenvalue weighted by molar-refractivity contribution is -0.150. The first-order valence-electron chi connectivity index (χ1n) is 5.88. The lowest BCUT2D eigenvalue weighted by Crippen LogP contribution is -2.15. The monoisotopic (exact) mass is 262 g/mol. The van der Waals surface area contributed by atoms with Crippen molar-refractivity contribution in [3.8, 4) is 0 Å². The van der Waals surface area contributed by atoms with Crippen LogP contribution in [0.3, 0.4) is 0 Å². The zero-order valence-electron chi connectivity index (χ0n) is 10.5. The van der Waals surface area contributed by atoms with Gasteiger partial charge in [-0.15, -0.1) is 0 Å². The van der Waals surface area contributed by atoms with Gasteiger partial charge in [0.2, 0.25) is 5.76 Å². The van der Waals surface area contributed by atoms with Crippen molar-refractivity contribution in [1.82, 2.24) is 0 Å². The summed E-state index contributed by atoms with van der Waals surface area (Å²) in [6.45, 7) is 1.89. The first-order chi connectivity index (χ1) is 9.15. The Labute approximate surface area is 110 Å². The highest BCUT2D eigenvalue weighted by Crippen LogP contribution is 2.15. The van der Waals surface area contributed by atoms with E-state index in [9.17, 15) is 9.59 Å². The third-order valence-electron chi connectivity index (χ3n) is 2.44. The zero-order chi connectivity index (χ0) is 13.7.